The number of hydrogen-bond donors (Lipinski definition) is 1. The number of aromatic nitrogens is 3. The molecule has 0 radical (unpaired) electrons. The highest BCUT2D eigenvalue weighted by Crippen LogP contribution is 2.27. The molecule has 0 atom stereocenters. The van der Waals surface area contributed by atoms with E-state index < -0.39 is 0 Å². The van der Waals surface area contributed by atoms with Crippen LogP contribution in [0.4, 0.5) is 0 Å². The van der Waals surface area contributed by atoms with E-state index in [1.807, 2.05) is 48.5 Å². The summed E-state index contributed by atoms with van der Waals surface area (Å²) in [6, 6.07) is 15.2. The van der Waals surface area contributed by atoms with Crippen LogP contribution in [0, 0.1) is 0 Å². The molecule has 26 heavy (non-hydrogen) atoms. The highest BCUT2D eigenvalue weighted by Gasteiger charge is 2.12. The monoisotopic (exact) mass is 347 g/mol. The average Bonchev–Trinajstić information content (AvgIpc) is 3.15. The van der Waals surface area contributed by atoms with Crippen molar-refractivity contribution in [2.45, 2.75) is 0 Å². The Balaban J connectivity index is 1.85. The summed E-state index contributed by atoms with van der Waals surface area (Å²) in [5.41, 5.74) is 3.79. The van der Waals surface area contributed by atoms with Gasteiger partial charge in [0.1, 0.15) is 11.5 Å². The molecule has 2 aromatic heterocycles. The summed E-state index contributed by atoms with van der Waals surface area (Å²) in [5.74, 6) is 1.55. The van der Waals surface area contributed by atoms with Crippen LogP contribution >= 0.6 is 0 Å². The number of aromatic amines is 1. The molecular formula is C20H17N3O3. The molecule has 0 bridgehead atoms. The van der Waals surface area contributed by atoms with Crippen molar-refractivity contribution >= 4 is 5.65 Å². The van der Waals surface area contributed by atoms with Gasteiger partial charge in [0.2, 0.25) is 0 Å². The Morgan fingerprint density at radius 2 is 1.46 bits per heavy atom. The lowest BCUT2D eigenvalue weighted by atomic mass is 10.1. The van der Waals surface area contributed by atoms with Crippen molar-refractivity contribution < 1.29 is 9.47 Å². The van der Waals surface area contributed by atoms with Gasteiger partial charge in [0.15, 0.2) is 5.65 Å². The van der Waals surface area contributed by atoms with E-state index in [9.17, 15) is 4.79 Å². The smallest absolute Gasteiger partial charge is 0.331 e. The molecule has 0 aliphatic rings. The van der Waals surface area contributed by atoms with Crippen molar-refractivity contribution in [2.75, 3.05) is 14.2 Å². The molecule has 6 heteroatoms. The average molecular weight is 347 g/mol. The second-order valence-corrected chi connectivity index (χ2v) is 5.78. The van der Waals surface area contributed by atoms with Crippen molar-refractivity contribution in [3.05, 3.63) is 71.4 Å². The van der Waals surface area contributed by atoms with Gasteiger partial charge in [-0.05, 0) is 42.0 Å². The maximum absolute atomic E-state index is 12.2. The SMILES string of the molecule is COc1ccc(-c2cn3c(=O)[nH]cc(-c4ccc(OC)cc4)c3n2)cc1. The molecule has 0 aliphatic carbocycles. The molecule has 0 amide bonds. The maximum atomic E-state index is 12.2. The first-order chi connectivity index (χ1) is 12.7. The zero-order valence-corrected chi connectivity index (χ0v) is 14.4. The van der Waals surface area contributed by atoms with E-state index in [-0.39, 0.29) is 5.69 Å². The summed E-state index contributed by atoms with van der Waals surface area (Å²) in [7, 11) is 3.25. The molecule has 130 valence electrons. The number of nitrogens with one attached hydrogen (secondary N) is 1. The molecule has 0 spiro atoms. The molecule has 2 aromatic carbocycles. The van der Waals surface area contributed by atoms with Gasteiger partial charge in [-0.2, -0.15) is 0 Å². The Kier molecular flexibility index (Phi) is 3.93. The van der Waals surface area contributed by atoms with E-state index in [2.05, 4.69) is 9.97 Å². The lowest BCUT2D eigenvalue weighted by Crippen LogP contribution is -2.15. The molecule has 0 fully saturated rings. The number of H-pyrrole nitrogens is 1. The number of benzene rings is 2. The third-order valence-electron chi connectivity index (χ3n) is 4.29. The van der Waals surface area contributed by atoms with Gasteiger partial charge >= 0.3 is 5.69 Å². The number of methoxy groups -OCH3 is 2. The lowest BCUT2D eigenvalue weighted by molar-refractivity contribution is 0.415. The molecule has 0 saturated heterocycles. The summed E-state index contributed by atoms with van der Waals surface area (Å²) in [5, 5.41) is 0. The number of hydrogen-bond acceptors (Lipinski definition) is 4. The minimum Gasteiger partial charge on any atom is -0.497 e. The van der Waals surface area contributed by atoms with Crippen molar-refractivity contribution in [1.82, 2.24) is 14.4 Å². The van der Waals surface area contributed by atoms with Crippen molar-refractivity contribution in [3.8, 4) is 33.9 Å². The standard InChI is InChI=1S/C20H17N3O3/c1-25-15-7-3-13(4-8-15)17-11-21-20(24)23-12-18(22-19(17)23)14-5-9-16(26-2)10-6-14/h3-12H,1-2H3,(H,21,24). The minimum atomic E-state index is -0.232. The molecule has 0 aliphatic heterocycles. The second-order valence-electron chi connectivity index (χ2n) is 5.78. The summed E-state index contributed by atoms with van der Waals surface area (Å²) in [6.45, 7) is 0. The summed E-state index contributed by atoms with van der Waals surface area (Å²) >= 11 is 0. The number of ether oxygens (including phenoxy) is 2. The second kappa shape index (κ2) is 6.40. The molecular weight excluding hydrogens is 330 g/mol. The first-order valence-electron chi connectivity index (χ1n) is 8.09. The molecule has 2 heterocycles. The third-order valence-corrected chi connectivity index (χ3v) is 4.29. The molecule has 1 N–H and O–H groups in total. The van der Waals surface area contributed by atoms with E-state index in [1.54, 1.807) is 26.6 Å². The topological polar surface area (TPSA) is 68.6 Å². The summed E-state index contributed by atoms with van der Waals surface area (Å²) in [4.78, 5) is 19.7. The molecule has 4 aromatic rings. The normalized spacial score (nSPS) is 10.8. The van der Waals surface area contributed by atoms with Crippen LogP contribution in [-0.2, 0) is 0 Å². The van der Waals surface area contributed by atoms with Crippen LogP contribution in [0.15, 0.2) is 65.7 Å². The zero-order valence-electron chi connectivity index (χ0n) is 14.4. The van der Waals surface area contributed by atoms with E-state index in [1.165, 1.54) is 4.40 Å². The highest BCUT2D eigenvalue weighted by atomic mass is 16.5. The van der Waals surface area contributed by atoms with Crippen molar-refractivity contribution in [1.29, 1.82) is 0 Å². The fraction of sp³-hybridized carbons (Fsp3) is 0.100. The van der Waals surface area contributed by atoms with Crippen LogP contribution in [-0.4, -0.2) is 28.6 Å². The first-order valence-corrected chi connectivity index (χ1v) is 8.09. The van der Waals surface area contributed by atoms with Gasteiger partial charge in [-0.3, -0.25) is 4.40 Å². The lowest BCUT2D eigenvalue weighted by Gasteiger charge is -2.05. The maximum Gasteiger partial charge on any atom is 0.331 e. The number of fused-ring (bicyclic) bond motifs is 1. The van der Waals surface area contributed by atoms with Gasteiger partial charge in [0.25, 0.3) is 0 Å². The van der Waals surface area contributed by atoms with Crippen molar-refractivity contribution in [3.63, 3.8) is 0 Å². The largest absolute Gasteiger partial charge is 0.497 e. The number of nitrogens with zero attached hydrogens (tertiary/aromatic N) is 2. The van der Waals surface area contributed by atoms with Crippen LogP contribution in [0.3, 0.4) is 0 Å². The Labute approximate surface area is 149 Å². The molecule has 0 saturated carbocycles. The van der Waals surface area contributed by atoms with Crippen LogP contribution < -0.4 is 15.2 Å². The Bertz CT molecular complexity index is 1110. The van der Waals surface area contributed by atoms with E-state index >= 15 is 0 Å². The third kappa shape index (κ3) is 2.71. The van der Waals surface area contributed by atoms with Crippen LogP contribution in [0.2, 0.25) is 0 Å². The van der Waals surface area contributed by atoms with Crippen LogP contribution in [0.5, 0.6) is 11.5 Å². The summed E-state index contributed by atoms with van der Waals surface area (Å²) in [6.07, 6.45) is 3.42. The molecule has 6 nitrogen and oxygen atoms in total. The highest BCUT2D eigenvalue weighted by molar-refractivity contribution is 5.79. The fourth-order valence-electron chi connectivity index (χ4n) is 2.88. The zero-order chi connectivity index (χ0) is 18.1. The van der Waals surface area contributed by atoms with Gasteiger partial charge in [-0.25, -0.2) is 9.78 Å². The van der Waals surface area contributed by atoms with Crippen LogP contribution in [0.25, 0.3) is 28.0 Å². The Morgan fingerprint density at radius 1 is 0.885 bits per heavy atom. The first kappa shape index (κ1) is 16.0. The van der Waals surface area contributed by atoms with Crippen LogP contribution in [0.1, 0.15) is 0 Å². The van der Waals surface area contributed by atoms with Crippen molar-refractivity contribution in [2.24, 2.45) is 0 Å². The predicted octanol–water partition coefficient (Wildman–Crippen LogP) is 3.37. The van der Waals surface area contributed by atoms with Gasteiger partial charge in [-0.1, -0.05) is 12.1 Å². The Hall–Kier alpha value is -3.54. The quantitative estimate of drug-likeness (QED) is 0.614. The molecule has 0 unspecified atom stereocenters. The fourth-order valence-corrected chi connectivity index (χ4v) is 2.88. The van der Waals surface area contributed by atoms with Gasteiger partial charge in [0, 0.05) is 23.5 Å². The van der Waals surface area contributed by atoms with E-state index in [4.69, 9.17) is 9.47 Å². The van der Waals surface area contributed by atoms with Gasteiger partial charge in [-0.15, -0.1) is 0 Å². The van der Waals surface area contributed by atoms with Gasteiger partial charge < -0.3 is 14.5 Å². The van der Waals surface area contributed by atoms with Gasteiger partial charge in [0.05, 0.1) is 19.9 Å². The Morgan fingerprint density at radius 3 is 2.04 bits per heavy atom. The predicted molar refractivity (Wildman–Crippen MR) is 99.8 cm³/mol. The molecule has 4 rings (SSSR count). The summed E-state index contributed by atoms with van der Waals surface area (Å²) < 4.78 is 11.9. The van der Waals surface area contributed by atoms with E-state index in [0.29, 0.717) is 5.65 Å². The van der Waals surface area contributed by atoms with E-state index in [0.717, 1.165) is 33.9 Å². The number of rotatable bonds is 4. The minimum absolute atomic E-state index is 0.232. The number of imidazole rings is 1.